The highest BCUT2D eigenvalue weighted by Gasteiger charge is 2.25. The highest BCUT2D eigenvalue weighted by molar-refractivity contribution is 6.30. The molecule has 3 aromatic carbocycles. The van der Waals surface area contributed by atoms with E-state index in [0.29, 0.717) is 23.7 Å². The molecule has 1 aliphatic rings. The van der Waals surface area contributed by atoms with Crippen LogP contribution >= 0.6 is 11.6 Å². The number of imidazole rings is 1. The molecule has 0 atom stereocenters. The van der Waals surface area contributed by atoms with E-state index in [9.17, 15) is 4.79 Å². The van der Waals surface area contributed by atoms with E-state index < -0.39 is 0 Å². The molecule has 0 unspecified atom stereocenters. The Morgan fingerprint density at radius 2 is 1.52 bits per heavy atom. The quantitative estimate of drug-likeness (QED) is 0.471. The van der Waals surface area contributed by atoms with E-state index in [4.69, 9.17) is 16.6 Å². The van der Waals surface area contributed by atoms with E-state index in [1.807, 2.05) is 17.0 Å². The zero-order chi connectivity index (χ0) is 21.2. The van der Waals surface area contributed by atoms with Gasteiger partial charge in [-0.1, -0.05) is 54.1 Å². The zero-order valence-corrected chi connectivity index (χ0v) is 17.9. The van der Waals surface area contributed by atoms with Gasteiger partial charge in [-0.2, -0.15) is 0 Å². The molecule has 0 aliphatic carbocycles. The van der Waals surface area contributed by atoms with Gasteiger partial charge in [-0.3, -0.25) is 4.79 Å². The van der Waals surface area contributed by atoms with Crippen LogP contribution in [0.5, 0.6) is 0 Å². The number of fused-ring (bicyclic) bond motifs is 1. The van der Waals surface area contributed by atoms with Crippen LogP contribution in [0.3, 0.4) is 0 Å². The average Bonchev–Trinajstić information content (AvgIpc) is 3.18. The minimum Gasteiger partial charge on any atom is -0.339 e. The molecular weight excluding hydrogens is 408 g/mol. The Balaban J connectivity index is 1.37. The SMILES string of the molecule is O=C(c1ccc(Cl)cc1)N1CCN(c2nc3ccccc3n2Cc2ccccc2)CC1. The van der Waals surface area contributed by atoms with Crippen molar-refractivity contribution in [1.82, 2.24) is 14.5 Å². The van der Waals surface area contributed by atoms with Crippen molar-refractivity contribution in [2.75, 3.05) is 31.1 Å². The summed E-state index contributed by atoms with van der Waals surface area (Å²) in [5.41, 5.74) is 4.03. The predicted octanol–water partition coefficient (Wildman–Crippen LogP) is 4.70. The van der Waals surface area contributed by atoms with E-state index in [-0.39, 0.29) is 5.91 Å². The Labute approximate surface area is 186 Å². The molecule has 31 heavy (non-hydrogen) atoms. The molecule has 4 aromatic rings. The van der Waals surface area contributed by atoms with Crippen molar-refractivity contribution in [3.8, 4) is 0 Å². The molecule has 5 rings (SSSR count). The third-order valence-electron chi connectivity index (χ3n) is 5.76. The van der Waals surface area contributed by atoms with Gasteiger partial charge in [0.2, 0.25) is 5.95 Å². The molecule has 1 aromatic heterocycles. The number of rotatable bonds is 4. The Morgan fingerprint density at radius 1 is 0.839 bits per heavy atom. The summed E-state index contributed by atoms with van der Waals surface area (Å²) in [6, 6.07) is 25.8. The minimum atomic E-state index is 0.0501. The van der Waals surface area contributed by atoms with Crippen LogP contribution in [0.1, 0.15) is 15.9 Å². The second kappa shape index (κ2) is 8.44. The van der Waals surface area contributed by atoms with Gasteiger partial charge in [0.25, 0.3) is 5.91 Å². The molecule has 1 amide bonds. The summed E-state index contributed by atoms with van der Waals surface area (Å²) < 4.78 is 2.28. The standard InChI is InChI=1S/C25H23ClN4O/c26-21-12-10-20(11-13-21)24(31)28-14-16-29(17-15-28)25-27-22-8-4-5-9-23(22)30(25)18-19-6-2-1-3-7-19/h1-13H,14-18H2. The molecule has 0 saturated carbocycles. The van der Waals surface area contributed by atoms with Crippen molar-refractivity contribution >= 4 is 34.5 Å². The van der Waals surface area contributed by atoms with Crippen LogP contribution in [0.2, 0.25) is 5.02 Å². The normalized spacial score (nSPS) is 14.2. The van der Waals surface area contributed by atoms with E-state index in [1.165, 1.54) is 5.56 Å². The third kappa shape index (κ3) is 4.01. The van der Waals surface area contributed by atoms with Crippen LogP contribution in [-0.2, 0) is 6.54 Å². The molecule has 1 aliphatic heterocycles. The van der Waals surface area contributed by atoms with Crippen molar-refractivity contribution in [2.24, 2.45) is 0 Å². The smallest absolute Gasteiger partial charge is 0.253 e. The summed E-state index contributed by atoms with van der Waals surface area (Å²) in [5, 5.41) is 0.638. The number of carbonyl (C=O) groups is 1. The van der Waals surface area contributed by atoms with Gasteiger partial charge < -0.3 is 14.4 Å². The first-order valence-corrected chi connectivity index (χ1v) is 10.9. The van der Waals surface area contributed by atoms with Gasteiger partial charge in [-0.25, -0.2) is 4.98 Å². The van der Waals surface area contributed by atoms with Gasteiger partial charge in [-0.15, -0.1) is 0 Å². The number of para-hydroxylation sites is 2. The second-order valence-electron chi connectivity index (χ2n) is 7.76. The molecule has 0 bridgehead atoms. The molecule has 0 radical (unpaired) electrons. The summed E-state index contributed by atoms with van der Waals surface area (Å²) in [6.07, 6.45) is 0. The number of hydrogen-bond donors (Lipinski definition) is 0. The topological polar surface area (TPSA) is 41.4 Å². The number of nitrogens with zero attached hydrogens (tertiary/aromatic N) is 4. The Morgan fingerprint density at radius 3 is 2.26 bits per heavy atom. The molecule has 0 spiro atoms. The molecular formula is C25H23ClN4O. The van der Waals surface area contributed by atoms with Crippen LogP contribution in [-0.4, -0.2) is 46.5 Å². The summed E-state index contributed by atoms with van der Waals surface area (Å²) in [7, 11) is 0. The maximum Gasteiger partial charge on any atom is 0.253 e. The summed E-state index contributed by atoms with van der Waals surface area (Å²) >= 11 is 5.95. The Kier molecular flexibility index (Phi) is 5.35. The van der Waals surface area contributed by atoms with E-state index >= 15 is 0 Å². The number of anilines is 1. The number of piperazine rings is 1. The fourth-order valence-electron chi connectivity index (χ4n) is 4.11. The molecule has 6 heteroatoms. The number of carbonyl (C=O) groups excluding carboxylic acids is 1. The largest absolute Gasteiger partial charge is 0.339 e. The lowest BCUT2D eigenvalue weighted by atomic mass is 10.2. The number of aromatic nitrogens is 2. The summed E-state index contributed by atoms with van der Waals surface area (Å²) in [4.78, 5) is 22.0. The molecule has 1 fully saturated rings. The van der Waals surface area contributed by atoms with Crippen molar-refractivity contribution in [3.05, 3.63) is 95.0 Å². The van der Waals surface area contributed by atoms with Gasteiger partial charge >= 0.3 is 0 Å². The van der Waals surface area contributed by atoms with Crippen LogP contribution in [0.15, 0.2) is 78.9 Å². The van der Waals surface area contributed by atoms with Gasteiger partial charge in [0, 0.05) is 36.8 Å². The average molecular weight is 431 g/mol. The van der Waals surface area contributed by atoms with Crippen LogP contribution in [0.25, 0.3) is 11.0 Å². The lowest BCUT2D eigenvalue weighted by molar-refractivity contribution is 0.0746. The fraction of sp³-hybridized carbons (Fsp3) is 0.200. The lowest BCUT2D eigenvalue weighted by Crippen LogP contribution is -2.49. The molecule has 5 nitrogen and oxygen atoms in total. The second-order valence-corrected chi connectivity index (χ2v) is 8.19. The van der Waals surface area contributed by atoms with E-state index in [0.717, 1.165) is 36.6 Å². The number of halogens is 1. The number of hydrogen-bond acceptors (Lipinski definition) is 3. The number of amides is 1. The Bertz CT molecular complexity index is 1200. The molecule has 1 saturated heterocycles. The molecule has 0 N–H and O–H groups in total. The van der Waals surface area contributed by atoms with Crippen molar-refractivity contribution in [3.63, 3.8) is 0 Å². The van der Waals surface area contributed by atoms with Crippen molar-refractivity contribution < 1.29 is 4.79 Å². The first-order valence-electron chi connectivity index (χ1n) is 10.5. The Hall–Kier alpha value is -3.31. The first kappa shape index (κ1) is 19.6. The van der Waals surface area contributed by atoms with E-state index in [2.05, 4.69) is 51.9 Å². The zero-order valence-electron chi connectivity index (χ0n) is 17.1. The van der Waals surface area contributed by atoms with Gasteiger partial charge in [0.1, 0.15) is 0 Å². The van der Waals surface area contributed by atoms with Gasteiger partial charge in [-0.05, 0) is 42.0 Å². The molecule has 2 heterocycles. The van der Waals surface area contributed by atoms with E-state index in [1.54, 1.807) is 24.3 Å². The van der Waals surface area contributed by atoms with Crippen LogP contribution in [0.4, 0.5) is 5.95 Å². The minimum absolute atomic E-state index is 0.0501. The summed E-state index contributed by atoms with van der Waals surface area (Å²) in [5.74, 6) is 1.01. The highest BCUT2D eigenvalue weighted by Crippen LogP contribution is 2.25. The number of benzene rings is 3. The lowest BCUT2D eigenvalue weighted by Gasteiger charge is -2.35. The third-order valence-corrected chi connectivity index (χ3v) is 6.01. The first-order chi connectivity index (χ1) is 15.2. The van der Waals surface area contributed by atoms with Crippen LogP contribution < -0.4 is 4.90 Å². The van der Waals surface area contributed by atoms with Gasteiger partial charge in [0.05, 0.1) is 17.6 Å². The maximum absolute atomic E-state index is 12.8. The van der Waals surface area contributed by atoms with Gasteiger partial charge in [0.15, 0.2) is 0 Å². The van der Waals surface area contributed by atoms with Crippen molar-refractivity contribution in [2.45, 2.75) is 6.54 Å². The fourth-order valence-corrected chi connectivity index (χ4v) is 4.24. The van der Waals surface area contributed by atoms with Crippen molar-refractivity contribution in [1.29, 1.82) is 0 Å². The predicted molar refractivity (Wildman–Crippen MR) is 125 cm³/mol. The summed E-state index contributed by atoms with van der Waals surface area (Å²) in [6.45, 7) is 3.58. The monoisotopic (exact) mass is 430 g/mol. The maximum atomic E-state index is 12.8. The highest BCUT2D eigenvalue weighted by atomic mass is 35.5. The van der Waals surface area contributed by atoms with Crippen LogP contribution in [0, 0.1) is 0 Å². The molecule has 156 valence electrons.